The normalized spacial score (nSPS) is 23.1. The van der Waals surface area contributed by atoms with E-state index in [2.05, 4.69) is 6.58 Å². The molecule has 4 rings (SSSR count). The number of carboxylic acid groups (broad SMARTS) is 1. The fraction of sp³-hybridized carbons (Fsp3) is 0.344. The smallest absolute Gasteiger partial charge is 0.303 e. The number of benzene rings is 3. The van der Waals surface area contributed by atoms with Crippen molar-refractivity contribution < 1.29 is 28.8 Å². The molecular formula is C32H36O6. The zero-order chi connectivity index (χ0) is 26.6. The lowest BCUT2D eigenvalue weighted by molar-refractivity contribution is -0.246. The quantitative estimate of drug-likeness (QED) is 0.273. The SMILES string of the molecule is C=CC[C@@H]1OC(COCc2ccccc2)[C@@H](OCc2ccccc2)C(OCc2ccccc2)C1CC(=O)O. The van der Waals surface area contributed by atoms with Crippen LogP contribution < -0.4 is 0 Å². The molecule has 200 valence electrons. The van der Waals surface area contributed by atoms with E-state index in [1.165, 1.54) is 0 Å². The van der Waals surface area contributed by atoms with Gasteiger partial charge in [-0.25, -0.2) is 0 Å². The van der Waals surface area contributed by atoms with Crippen molar-refractivity contribution in [2.45, 2.75) is 57.1 Å². The van der Waals surface area contributed by atoms with E-state index in [1.807, 2.05) is 91.0 Å². The highest BCUT2D eigenvalue weighted by Gasteiger charge is 2.47. The molecule has 0 bridgehead atoms. The molecule has 0 aliphatic carbocycles. The summed E-state index contributed by atoms with van der Waals surface area (Å²) in [4.78, 5) is 11.9. The molecule has 1 N–H and O–H groups in total. The van der Waals surface area contributed by atoms with Gasteiger partial charge < -0.3 is 24.1 Å². The average Bonchev–Trinajstić information content (AvgIpc) is 2.94. The van der Waals surface area contributed by atoms with E-state index in [0.29, 0.717) is 26.2 Å². The summed E-state index contributed by atoms with van der Waals surface area (Å²) in [5.41, 5.74) is 3.08. The highest BCUT2D eigenvalue weighted by atomic mass is 16.6. The summed E-state index contributed by atoms with van der Waals surface area (Å²) >= 11 is 0. The summed E-state index contributed by atoms with van der Waals surface area (Å²) in [7, 11) is 0. The summed E-state index contributed by atoms with van der Waals surface area (Å²) in [6.07, 6.45) is 0.300. The van der Waals surface area contributed by atoms with Gasteiger partial charge in [-0.1, -0.05) is 97.1 Å². The second-order valence-corrected chi connectivity index (χ2v) is 9.52. The van der Waals surface area contributed by atoms with Gasteiger partial charge in [-0.3, -0.25) is 4.79 Å². The Morgan fingerprint density at radius 1 is 0.763 bits per heavy atom. The van der Waals surface area contributed by atoms with Crippen molar-refractivity contribution in [2.75, 3.05) is 6.61 Å². The molecule has 0 saturated carbocycles. The Bertz CT molecular complexity index is 1100. The lowest BCUT2D eigenvalue weighted by Crippen LogP contribution is -2.58. The molecular weight excluding hydrogens is 480 g/mol. The van der Waals surface area contributed by atoms with Crippen molar-refractivity contribution in [3.8, 4) is 0 Å². The van der Waals surface area contributed by atoms with Gasteiger partial charge in [0.25, 0.3) is 0 Å². The first-order valence-electron chi connectivity index (χ1n) is 13.0. The van der Waals surface area contributed by atoms with Gasteiger partial charge in [-0.2, -0.15) is 0 Å². The molecule has 3 unspecified atom stereocenters. The third-order valence-corrected chi connectivity index (χ3v) is 6.71. The summed E-state index contributed by atoms with van der Waals surface area (Å²) in [6, 6.07) is 29.7. The zero-order valence-electron chi connectivity index (χ0n) is 21.6. The van der Waals surface area contributed by atoms with Gasteiger partial charge >= 0.3 is 5.97 Å². The molecule has 5 atom stereocenters. The molecule has 6 nitrogen and oxygen atoms in total. The van der Waals surface area contributed by atoms with E-state index in [-0.39, 0.29) is 19.1 Å². The zero-order valence-corrected chi connectivity index (χ0v) is 21.6. The van der Waals surface area contributed by atoms with Gasteiger partial charge in [-0.15, -0.1) is 6.58 Å². The summed E-state index contributed by atoms with van der Waals surface area (Å²) in [5, 5.41) is 9.78. The maximum atomic E-state index is 11.9. The van der Waals surface area contributed by atoms with E-state index >= 15 is 0 Å². The number of carbonyl (C=O) groups is 1. The highest BCUT2D eigenvalue weighted by Crippen LogP contribution is 2.36. The van der Waals surface area contributed by atoms with E-state index in [1.54, 1.807) is 6.08 Å². The second-order valence-electron chi connectivity index (χ2n) is 9.52. The van der Waals surface area contributed by atoms with Crippen LogP contribution in [0.3, 0.4) is 0 Å². The first-order valence-corrected chi connectivity index (χ1v) is 13.0. The lowest BCUT2D eigenvalue weighted by Gasteiger charge is -2.46. The van der Waals surface area contributed by atoms with Crippen molar-refractivity contribution in [3.63, 3.8) is 0 Å². The Labute approximate surface area is 224 Å². The van der Waals surface area contributed by atoms with E-state index in [4.69, 9.17) is 18.9 Å². The molecule has 6 heteroatoms. The summed E-state index contributed by atoms with van der Waals surface area (Å²) < 4.78 is 25.6. The second kappa shape index (κ2) is 14.6. The maximum absolute atomic E-state index is 11.9. The Balaban J connectivity index is 1.58. The van der Waals surface area contributed by atoms with Crippen LogP contribution in [0.1, 0.15) is 29.5 Å². The van der Waals surface area contributed by atoms with Crippen LogP contribution in [0.4, 0.5) is 0 Å². The number of hydrogen-bond donors (Lipinski definition) is 1. The number of ether oxygens (including phenoxy) is 4. The summed E-state index contributed by atoms with van der Waals surface area (Å²) in [5.74, 6) is -1.32. The van der Waals surface area contributed by atoms with Gasteiger partial charge in [0.1, 0.15) is 12.2 Å². The monoisotopic (exact) mass is 516 g/mol. The third-order valence-electron chi connectivity index (χ3n) is 6.71. The lowest BCUT2D eigenvalue weighted by atomic mass is 9.82. The average molecular weight is 517 g/mol. The predicted octanol–water partition coefficient (Wildman–Crippen LogP) is 5.81. The van der Waals surface area contributed by atoms with Crippen LogP contribution in [0.5, 0.6) is 0 Å². The van der Waals surface area contributed by atoms with Gasteiger partial charge in [0.15, 0.2) is 0 Å². The van der Waals surface area contributed by atoms with Crippen LogP contribution in [-0.2, 0) is 43.6 Å². The molecule has 0 amide bonds. The number of aliphatic carboxylic acids is 1. The first-order chi connectivity index (χ1) is 18.6. The maximum Gasteiger partial charge on any atom is 0.303 e. The Morgan fingerprint density at radius 2 is 1.26 bits per heavy atom. The van der Waals surface area contributed by atoms with Crippen LogP contribution in [0, 0.1) is 5.92 Å². The predicted molar refractivity (Wildman–Crippen MR) is 145 cm³/mol. The number of rotatable bonds is 14. The molecule has 1 aliphatic rings. The molecule has 3 aromatic rings. The van der Waals surface area contributed by atoms with Crippen LogP contribution in [0.15, 0.2) is 104 Å². The van der Waals surface area contributed by atoms with Gasteiger partial charge in [0.05, 0.1) is 45.1 Å². The Kier molecular flexibility index (Phi) is 10.7. The fourth-order valence-corrected chi connectivity index (χ4v) is 4.87. The van der Waals surface area contributed by atoms with E-state index in [9.17, 15) is 9.90 Å². The van der Waals surface area contributed by atoms with Crippen molar-refractivity contribution >= 4 is 5.97 Å². The minimum atomic E-state index is -0.901. The highest BCUT2D eigenvalue weighted by molar-refractivity contribution is 5.67. The molecule has 1 aliphatic heterocycles. The van der Waals surface area contributed by atoms with Crippen LogP contribution in [-0.4, -0.2) is 42.1 Å². The molecule has 0 spiro atoms. The number of hydrogen-bond acceptors (Lipinski definition) is 5. The molecule has 3 aromatic carbocycles. The van der Waals surface area contributed by atoms with Crippen molar-refractivity contribution in [1.29, 1.82) is 0 Å². The van der Waals surface area contributed by atoms with Gasteiger partial charge in [-0.05, 0) is 23.1 Å². The van der Waals surface area contributed by atoms with Crippen molar-refractivity contribution in [2.24, 2.45) is 5.92 Å². The third kappa shape index (κ3) is 8.10. The molecule has 1 heterocycles. The fourth-order valence-electron chi connectivity index (χ4n) is 4.87. The Hall–Kier alpha value is -3.29. The molecule has 1 saturated heterocycles. The van der Waals surface area contributed by atoms with Gasteiger partial charge in [0.2, 0.25) is 0 Å². The van der Waals surface area contributed by atoms with E-state index < -0.39 is 30.2 Å². The molecule has 0 aromatic heterocycles. The molecule has 1 fully saturated rings. The van der Waals surface area contributed by atoms with Crippen LogP contribution in [0.2, 0.25) is 0 Å². The molecule has 38 heavy (non-hydrogen) atoms. The first kappa shape index (κ1) is 27.7. The summed E-state index contributed by atoms with van der Waals surface area (Å²) in [6.45, 7) is 5.29. The largest absolute Gasteiger partial charge is 0.481 e. The standard InChI is InChI=1S/C32H36O6/c1-2-12-28-27(19-30(33)34)31(36-21-25-15-8-4-9-16-25)32(37-22-26-17-10-5-11-18-26)29(38-28)23-35-20-24-13-6-3-7-14-24/h2-11,13-18,27-29,31-32H,1,12,19-23H2,(H,33,34)/t27?,28-,29?,31?,32+/m0/s1. The topological polar surface area (TPSA) is 74.2 Å². The van der Waals surface area contributed by atoms with Crippen LogP contribution in [0.25, 0.3) is 0 Å². The minimum absolute atomic E-state index is 0.0965. The van der Waals surface area contributed by atoms with Crippen molar-refractivity contribution in [1.82, 2.24) is 0 Å². The number of carboxylic acids is 1. The van der Waals surface area contributed by atoms with Crippen LogP contribution >= 0.6 is 0 Å². The van der Waals surface area contributed by atoms with Gasteiger partial charge in [0, 0.05) is 5.92 Å². The Morgan fingerprint density at radius 3 is 1.76 bits per heavy atom. The van der Waals surface area contributed by atoms with Crippen molar-refractivity contribution in [3.05, 3.63) is 120 Å². The minimum Gasteiger partial charge on any atom is -0.481 e. The molecule has 0 radical (unpaired) electrons. The van der Waals surface area contributed by atoms with E-state index in [0.717, 1.165) is 16.7 Å².